The quantitative estimate of drug-likeness (QED) is 0.616. The van der Waals surface area contributed by atoms with Crippen molar-refractivity contribution in [2.75, 3.05) is 12.4 Å². The molecular weight excluding hydrogens is 362 g/mol. The molecule has 1 amide bonds. The number of fused-ring (bicyclic) bond motifs is 1. The Bertz CT molecular complexity index is 1100. The summed E-state index contributed by atoms with van der Waals surface area (Å²) < 4.78 is 6.29. The Labute approximate surface area is 152 Å². The first-order valence-electron chi connectivity index (χ1n) is 7.70. The molecule has 0 saturated heterocycles. The number of imidazole rings is 1. The van der Waals surface area contributed by atoms with Crippen LogP contribution in [0.5, 0.6) is 5.75 Å². The van der Waals surface area contributed by atoms with Crippen LogP contribution in [0.1, 0.15) is 12.2 Å². The zero-order chi connectivity index (χ0) is 18.8. The van der Waals surface area contributed by atoms with E-state index in [1.165, 1.54) is 18.7 Å². The first kappa shape index (κ1) is 17.7. The molecule has 0 aliphatic carbocycles. The molecule has 3 rings (SSSR count). The summed E-state index contributed by atoms with van der Waals surface area (Å²) in [5, 5.41) is 3.12. The number of nitrogens with one attached hydrogen (secondary N) is 3. The number of halogens is 1. The van der Waals surface area contributed by atoms with Gasteiger partial charge in [0.1, 0.15) is 17.1 Å². The number of rotatable bonds is 5. The van der Waals surface area contributed by atoms with Gasteiger partial charge >= 0.3 is 5.69 Å². The van der Waals surface area contributed by atoms with Crippen molar-refractivity contribution in [2.45, 2.75) is 12.8 Å². The Morgan fingerprint density at radius 2 is 2.12 bits per heavy atom. The van der Waals surface area contributed by atoms with Crippen molar-refractivity contribution in [1.82, 2.24) is 19.5 Å². The van der Waals surface area contributed by atoms with Gasteiger partial charge in [0.05, 0.1) is 12.1 Å². The number of anilines is 1. The predicted molar refractivity (Wildman–Crippen MR) is 96.9 cm³/mol. The van der Waals surface area contributed by atoms with Crippen LogP contribution in [0.2, 0.25) is 5.02 Å². The van der Waals surface area contributed by atoms with Crippen molar-refractivity contribution < 1.29 is 9.53 Å². The second-order valence-corrected chi connectivity index (χ2v) is 6.01. The molecule has 0 unspecified atom stereocenters. The predicted octanol–water partition coefficient (Wildman–Crippen LogP) is 1.18. The van der Waals surface area contributed by atoms with E-state index in [9.17, 15) is 14.4 Å². The van der Waals surface area contributed by atoms with E-state index >= 15 is 0 Å². The fraction of sp³-hybridized carbons (Fsp3) is 0.250. The molecule has 2 heterocycles. The van der Waals surface area contributed by atoms with Gasteiger partial charge in [0.15, 0.2) is 5.65 Å². The second-order valence-electron chi connectivity index (χ2n) is 5.60. The summed E-state index contributed by atoms with van der Waals surface area (Å²) >= 11 is 6.02. The normalized spacial score (nSPS) is 10.9. The summed E-state index contributed by atoms with van der Waals surface area (Å²) in [6.45, 7) is 0. The molecule has 3 N–H and O–H groups in total. The molecule has 0 aliphatic rings. The third-order valence-corrected chi connectivity index (χ3v) is 4.12. The molecule has 1 aromatic carbocycles. The largest absolute Gasteiger partial charge is 0.495 e. The summed E-state index contributed by atoms with van der Waals surface area (Å²) in [5.41, 5.74) is -0.0985. The molecule has 0 aliphatic heterocycles. The Kier molecular flexibility index (Phi) is 4.81. The highest BCUT2D eigenvalue weighted by Gasteiger charge is 2.12. The summed E-state index contributed by atoms with van der Waals surface area (Å²) in [7, 11) is 3.01. The van der Waals surface area contributed by atoms with Crippen LogP contribution in [0.4, 0.5) is 5.69 Å². The number of carbonyl (C=O) groups is 1. The van der Waals surface area contributed by atoms with Crippen LogP contribution in [0.3, 0.4) is 0 Å². The number of carbonyl (C=O) groups excluding carboxylic acids is 1. The summed E-state index contributed by atoms with van der Waals surface area (Å²) in [5.74, 6) is 0.715. The summed E-state index contributed by atoms with van der Waals surface area (Å²) in [4.78, 5) is 44.7. The number of hydrogen-bond donors (Lipinski definition) is 3. The number of hydrogen-bond acceptors (Lipinski definition) is 5. The molecule has 0 saturated carbocycles. The number of H-pyrrole nitrogens is 2. The fourth-order valence-electron chi connectivity index (χ4n) is 2.47. The van der Waals surface area contributed by atoms with Gasteiger partial charge in [-0.3, -0.25) is 19.1 Å². The molecule has 136 valence electrons. The maximum atomic E-state index is 12.1. The van der Waals surface area contributed by atoms with E-state index in [-0.39, 0.29) is 29.9 Å². The van der Waals surface area contributed by atoms with Gasteiger partial charge in [-0.15, -0.1) is 0 Å². The number of benzene rings is 1. The van der Waals surface area contributed by atoms with E-state index in [4.69, 9.17) is 16.3 Å². The van der Waals surface area contributed by atoms with E-state index in [0.29, 0.717) is 22.3 Å². The minimum absolute atomic E-state index is 0.134. The topological polar surface area (TPSA) is 122 Å². The highest BCUT2D eigenvalue weighted by atomic mass is 35.5. The van der Waals surface area contributed by atoms with Crippen molar-refractivity contribution in [3.63, 3.8) is 0 Å². The van der Waals surface area contributed by atoms with Gasteiger partial charge in [-0.1, -0.05) is 11.6 Å². The molecule has 2 aromatic heterocycles. The number of methoxy groups -OCH3 is 1. The number of aryl methyl sites for hydroxylation is 2. The lowest BCUT2D eigenvalue weighted by atomic mass is 10.2. The maximum Gasteiger partial charge on any atom is 0.329 e. The lowest BCUT2D eigenvalue weighted by Gasteiger charge is -2.07. The number of aromatic nitrogens is 4. The maximum absolute atomic E-state index is 12.1. The van der Waals surface area contributed by atoms with Crippen LogP contribution >= 0.6 is 11.6 Å². The van der Waals surface area contributed by atoms with E-state index in [2.05, 4.69) is 20.3 Å². The van der Waals surface area contributed by atoms with E-state index in [1.54, 1.807) is 18.2 Å². The van der Waals surface area contributed by atoms with Crippen LogP contribution in [0.15, 0.2) is 27.8 Å². The number of ether oxygens (including phenoxy) is 1. The first-order chi connectivity index (χ1) is 12.4. The van der Waals surface area contributed by atoms with Crippen molar-refractivity contribution in [2.24, 2.45) is 7.05 Å². The number of aromatic amines is 2. The number of amides is 1. The van der Waals surface area contributed by atoms with Crippen LogP contribution in [-0.4, -0.2) is 32.5 Å². The third kappa shape index (κ3) is 3.47. The van der Waals surface area contributed by atoms with Crippen molar-refractivity contribution in [3.8, 4) is 5.75 Å². The van der Waals surface area contributed by atoms with Gasteiger partial charge < -0.3 is 15.0 Å². The van der Waals surface area contributed by atoms with Crippen molar-refractivity contribution in [1.29, 1.82) is 0 Å². The lowest BCUT2D eigenvalue weighted by molar-refractivity contribution is -0.116. The molecule has 0 radical (unpaired) electrons. The Balaban J connectivity index is 1.70. The van der Waals surface area contributed by atoms with Gasteiger partial charge in [0, 0.05) is 25.6 Å². The van der Waals surface area contributed by atoms with Gasteiger partial charge in [0.2, 0.25) is 5.91 Å². The molecule has 0 spiro atoms. The van der Waals surface area contributed by atoms with Gasteiger partial charge in [0.25, 0.3) is 5.56 Å². The summed E-state index contributed by atoms with van der Waals surface area (Å²) in [6, 6.07) is 4.93. The minimum atomic E-state index is -0.547. The third-order valence-electron chi connectivity index (χ3n) is 3.83. The van der Waals surface area contributed by atoms with Crippen LogP contribution in [0, 0.1) is 0 Å². The zero-order valence-corrected chi connectivity index (χ0v) is 14.8. The van der Waals surface area contributed by atoms with E-state index < -0.39 is 11.2 Å². The Morgan fingerprint density at radius 1 is 1.35 bits per heavy atom. The molecule has 3 aromatic rings. The zero-order valence-electron chi connectivity index (χ0n) is 14.1. The fourth-order valence-corrected chi connectivity index (χ4v) is 2.73. The average Bonchev–Trinajstić information content (AvgIpc) is 3.03. The molecule has 10 heteroatoms. The molecular formula is C16H16ClN5O4. The molecule has 9 nitrogen and oxygen atoms in total. The number of nitrogens with zero attached hydrogens (tertiary/aromatic N) is 2. The summed E-state index contributed by atoms with van der Waals surface area (Å²) in [6.07, 6.45) is 0.410. The van der Waals surface area contributed by atoms with Crippen LogP contribution in [-0.2, 0) is 18.3 Å². The standard InChI is InChI=1S/C16H16ClN5O4/c1-22-14-13(15(24)21-16(22)25)19-11(20-14)5-6-12(23)18-8-3-4-10(26-2)9(17)7-8/h3-4,7H,5-6H2,1-2H3,(H,18,23)(H,19,20)(H,21,24,25). The molecule has 0 atom stereocenters. The Morgan fingerprint density at radius 3 is 2.81 bits per heavy atom. The molecule has 0 fully saturated rings. The van der Waals surface area contributed by atoms with E-state index in [1.807, 2.05) is 0 Å². The van der Waals surface area contributed by atoms with Gasteiger partial charge in [-0.05, 0) is 18.2 Å². The van der Waals surface area contributed by atoms with Crippen LogP contribution < -0.4 is 21.3 Å². The Hall–Kier alpha value is -3.07. The molecule has 0 bridgehead atoms. The smallest absolute Gasteiger partial charge is 0.329 e. The highest BCUT2D eigenvalue weighted by Crippen LogP contribution is 2.27. The SMILES string of the molecule is COc1ccc(NC(=O)CCc2nc3c([nH]2)c(=O)[nH]c(=O)n3C)cc1Cl. The average molecular weight is 378 g/mol. The van der Waals surface area contributed by atoms with Gasteiger partial charge in [-0.2, -0.15) is 0 Å². The second kappa shape index (κ2) is 7.04. The van der Waals surface area contributed by atoms with Gasteiger partial charge in [-0.25, -0.2) is 9.78 Å². The van der Waals surface area contributed by atoms with E-state index in [0.717, 1.165) is 0 Å². The van der Waals surface area contributed by atoms with Crippen molar-refractivity contribution in [3.05, 3.63) is 49.9 Å². The molecule has 26 heavy (non-hydrogen) atoms. The van der Waals surface area contributed by atoms with Crippen molar-refractivity contribution >= 4 is 34.4 Å². The van der Waals surface area contributed by atoms with Crippen LogP contribution in [0.25, 0.3) is 11.2 Å². The highest BCUT2D eigenvalue weighted by molar-refractivity contribution is 6.32. The monoisotopic (exact) mass is 377 g/mol. The lowest BCUT2D eigenvalue weighted by Crippen LogP contribution is -2.28. The minimum Gasteiger partial charge on any atom is -0.495 e. The first-order valence-corrected chi connectivity index (χ1v) is 8.08.